The summed E-state index contributed by atoms with van der Waals surface area (Å²) in [6, 6.07) is 0. The van der Waals surface area contributed by atoms with E-state index in [0.29, 0.717) is 0 Å². The molecule has 11 N–H and O–H groups in total. The van der Waals surface area contributed by atoms with E-state index < -0.39 is 10.2 Å². The summed E-state index contributed by atoms with van der Waals surface area (Å²) < 4.78 is 0. The van der Waals surface area contributed by atoms with Crippen molar-refractivity contribution in [1.82, 2.24) is 18.5 Å². The molecule has 11 heteroatoms. The molecule has 0 aromatic rings. The highest BCUT2D eigenvalue weighted by Gasteiger charge is 1.46. The zero-order chi connectivity index (χ0) is 7.15. The van der Waals surface area contributed by atoms with Gasteiger partial charge in [0.2, 0.25) is 0 Å². The molecule has 0 aromatic heterocycles. The highest BCUT2D eigenvalue weighted by atomic mass is 16.9. The van der Waals surface area contributed by atoms with Crippen LogP contribution in [0.3, 0.4) is 0 Å². The molecule has 0 radical (unpaired) electrons. The molecule has 0 bridgehead atoms. The molecule has 0 heterocycles. The normalized spacial score (nSPS) is 4.36. The third-order valence-electron chi connectivity index (χ3n) is 0. The molecule has 11 heavy (non-hydrogen) atoms. The molecule has 0 aliphatic heterocycles. The Hall–Kier alpha value is -1.72. The summed E-state index contributed by atoms with van der Waals surface area (Å²) in [5.74, 6) is 0. The molecule has 0 spiro atoms. The molecule has 0 atom stereocenters. The first-order valence-corrected chi connectivity index (χ1v) is 1.10. The maximum atomic E-state index is 8.25. The summed E-state index contributed by atoms with van der Waals surface area (Å²) in [6.45, 7) is 0. The SMILES string of the molecule is N.O=[N+]([O-])[O-].O=[N+]([O-])[O-].[NH4+].[NH4+]. The van der Waals surface area contributed by atoms with Crippen molar-refractivity contribution in [2.24, 2.45) is 0 Å². The second kappa shape index (κ2) is 24.0. The summed E-state index contributed by atoms with van der Waals surface area (Å²) >= 11 is 0. The van der Waals surface area contributed by atoms with Gasteiger partial charge in [-0.1, -0.05) is 0 Å². The lowest BCUT2D eigenvalue weighted by molar-refractivity contribution is -0.403. The highest BCUT2D eigenvalue weighted by molar-refractivity contribution is 4.04. The quantitative estimate of drug-likeness (QED) is 0.347. The van der Waals surface area contributed by atoms with Crippen LogP contribution in [0.4, 0.5) is 0 Å². The van der Waals surface area contributed by atoms with Crippen LogP contribution in [0.2, 0.25) is 0 Å². The molecule has 0 saturated carbocycles. The van der Waals surface area contributed by atoms with E-state index in [-0.39, 0.29) is 18.5 Å². The van der Waals surface area contributed by atoms with Crippen molar-refractivity contribution in [3.63, 3.8) is 0 Å². The van der Waals surface area contributed by atoms with E-state index in [0.717, 1.165) is 0 Å². The fourth-order valence-corrected chi connectivity index (χ4v) is 0. The molecule has 0 aliphatic rings. The van der Waals surface area contributed by atoms with Gasteiger partial charge in [-0.2, -0.15) is 0 Å². The fraction of sp³-hybridized carbons (Fsp3) is 0. The van der Waals surface area contributed by atoms with E-state index in [1.54, 1.807) is 0 Å². The predicted octanol–water partition coefficient (Wildman–Crippen LogP) is 0.436. The first-order chi connectivity index (χ1) is 3.46. The van der Waals surface area contributed by atoms with Crippen LogP contribution in [0.5, 0.6) is 0 Å². The average molecular weight is 177 g/mol. The summed E-state index contributed by atoms with van der Waals surface area (Å²) in [4.78, 5) is 16.5. The lowest BCUT2D eigenvalue weighted by Crippen LogP contribution is -1.74. The highest BCUT2D eigenvalue weighted by Crippen LogP contribution is 1.44. The van der Waals surface area contributed by atoms with Gasteiger partial charge in [-0.25, -0.2) is 0 Å². The van der Waals surface area contributed by atoms with Gasteiger partial charge in [0.1, 0.15) is 0 Å². The largest absolute Gasteiger partial charge is 0.369 e. The minimum atomic E-state index is -1.75. The van der Waals surface area contributed by atoms with Crippen molar-refractivity contribution in [3.8, 4) is 0 Å². The molecule has 0 aliphatic carbocycles. The van der Waals surface area contributed by atoms with Gasteiger partial charge in [-0.3, -0.25) is 0 Å². The monoisotopic (exact) mass is 177 g/mol. The van der Waals surface area contributed by atoms with Crippen LogP contribution in [0, 0.1) is 30.6 Å². The fourth-order valence-electron chi connectivity index (χ4n) is 0. The summed E-state index contributed by atoms with van der Waals surface area (Å²) in [5.41, 5.74) is 0. The van der Waals surface area contributed by atoms with Crippen molar-refractivity contribution in [2.75, 3.05) is 0 Å². The number of hydrogen-bond donors (Lipinski definition) is 3. The molecular formula is H11N5O6. The number of quaternary nitrogens is 2. The maximum Gasteiger partial charge on any atom is 0.0689 e. The average Bonchev–Trinajstić information content (AvgIpc) is 1.25. The number of rotatable bonds is 0. The first-order valence-electron chi connectivity index (χ1n) is 1.10. The third-order valence-corrected chi connectivity index (χ3v) is 0. The van der Waals surface area contributed by atoms with Crippen LogP contribution in [-0.4, -0.2) is 10.2 Å². The van der Waals surface area contributed by atoms with E-state index in [4.69, 9.17) is 30.6 Å². The Morgan fingerprint density at radius 2 is 0.727 bits per heavy atom. The van der Waals surface area contributed by atoms with Gasteiger partial charge in [0.25, 0.3) is 0 Å². The molecule has 0 unspecified atom stereocenters. The molecule has 0 rings (SSSR count). The van der Waals surface area contributed by atoms with Gasteiger partial charge < -0.3 is 49.1 Å². The van der Waals surface area contributed by atoms with Crippen LogP contribution in [0.15, 0.2) is 0 Å². The lowest BCUT2D eigenvalue weighted by Gasteiger charge is -1.74. The molecule has 72 valence electrons. The van der Waals surface area contributed by atoms with Crippen LogP contribution in [0.1, 0.15) is 0 Å². The van der Waals surface area contributed by atoms with Gasteiger partial charge in [0.05, 0.1) is 10.2 Å². The predicted molar refractivity (Wildman–Crippen MR) is 37.7 cm³/mol. The molecule has 0 fully saturated rings. The minimum Gasteiger partial charge on any atom is -0.369 e. The zero-order valence-corrected chi connectivity index (χ0v) is 6.05. The van der Waals surface area contributed by atoms with Crippen molar-refractivity contribution in [1.29, 1.82) is 0 Å². The molecule has 0 aromatic carbocycles. The summed E-state index contributed by atoms with van der Waals surface area (Å²) in [7, 11) is 0. The topological polar surface area (TPSA) is 240 Å². The molecule has 0 amide bonds. The van der Waals surface area contributed by atoms with Gasteiger partial charge in [-0.05, 0) is 0 Å². The Morgan fingerprint density at radius 3 is 0.727 bits per heavy atom. The molecular weight excluding hydrogens is 166 g/mol. The van der Waals surface area contributed by atoms with Gasteiger partial charge in [-0.15, -0.1) is 0 Å². The Bertz CT molecular complexity index is 69.0. The smallest absolute Gasteiger partial charge is 0.0689 e. The van der Waals surface area contributed by atoms with Crippen molar-refractivity contribution in [3.05, 3.63) is 30.6 Å². The van der Waals surface area contributed by atoms with Crippen molar-refractivity contribution < 1.29 is 10.2 Å². The zero-order valence-electron chi connectivity index (χ0n) is 6.05. The first kappa shape index (κ1) is 34.7. The van der Waals surface area contributed by atoms with Gasteiger partial charge in [0.15, 0.2) is 0 Å². The maximum absolute atomic E-state index is 8.25. The second-order valence-electron chi connectivity index (χ2n) is 0.447. The molecule has 0 saturated heterocycles. The van der Waals surface area contributed by atoms with E-state index in [9.17, 15) is 0 Å². The van der Waals surface area contributed by atoms with E-state index in [1.807, 2.05) is 0 Å². The standard InChI is InChI=1S/2NO3.3H3N/c2*2-1(3)4;;;/h;;3*1H3/q2*-1;;;/p+2. The molecule has 11 nitrogen and oxygen atoms in total. The summed E-state index contributed by atoms with van der Waals surface area (Å²) in [6.07, 6.45) is 0. The van der Waals surface area contributed by atoms with Crippen molar-refractivity contribution in [2.45, 2.75) is 0 Å². The second-order valence-corrected chi connectivity index (χ2v) is 0.447. The van der Waals surface area contributed by atoms with E-state index in [1.165, 1.54) is 0 Å². The Balaban J connectivity index is -0.0000000171. The van der Waals surface area contributed by atoms with Crippen LogP contribution in [0.25, 0.3) is 0 Å². The van der Waals surface area contributed by atoms with Crippen LogP contribution < -0.4 is 18.5 Å². The van der Waals surface area contributed by atoms with Gasteiger partial charge >= 0.3 is 0 Å². The third kappa shape index (κ3) is 110. The Morgan fingerprint density at radius 1 is 0.727 bits per heavy atom. The van der Waals surface area contributed by atoms with Crippen LogP contribution in [-0.2, 0) is 0 Å². The lowest BCUT2D eigenvalue weighted by atomic mass is 13.1. The Kier molecular flexibility index (Phi) is 75.6. The Labute approximate surface area is 60.6 Å². The van der Waals surface area contributed by atoms with E-state index in [2.05, 4.69) is 0 Å². The van der Waals surface area contributed by atoms with E-state index >= 15 is 0 Å². The minimum absolute atomic E-state index is 0. The number of nitrogens with zero attached hydrogens (tertiary/aromatic N) is 2. The number of hydrogen-bond acceptors (Lipinski definition) is 7. The summed E-state index contributed by atoms with van der Waals surface area (Å²) in [5, 5.41) is 29.5. The van der Waals surface area contributed by atoms with Crippen molar-refractivity contribution >= 4 is 0 Å². The van der Waals surface area contributed by atoms with Gasteiger partial charge in [0, 0.05) is 0 Å². The van der Waals surface area contributed by atoms with Crippen LogP contribution >= 0.6 is 0 Å².